The van der Waals surface area contributed by atoms with Crippen LogP contribution in [0, 0.1) is 0 Å². The van der Waals surface area contributed by atoms with Crippen LogP contribution in [0.1, 0.15) is 11.4 Å². The molecule has 2 aliphatic rings. The van der Waals surface area contributed by atoms with Crippen LogP contribution in [-0.4, -0.2) is 95.6 Å². The molecule has 4 heterocycles. The van der Waals surface area contributed by atoms with Gasteiger partial charge in [-0.2, -0.15) is 0 Å². The second-order valence-electron chi connectivity index (χ2n) is 9.19. The highest BCUT2D eigenvalue weighted by Gasteiger charge is 2.21. The van der Waals surface area contributed by atoms with Gasteiger partial charge in [0.2, 0.25) is 0 Å². The molecule has 2 saturated heterocycles. The lowest BCUT2D eigenvalue weighted by atomic mass is 10.1. The second kappa shape index (κ2) is 8.27. The van der Waals surface area contributed by atoms with Gasteiger partial charge in [-0.25, -0.2) is 0 Å². The molecule has 160 valence electrons. The number of hydrogen-bond acceptors (Lipinski definition) is 5. The third kappa shape index (κ3) is 3.85. The number of para-hydroxylation sites is 1. The zero-order valence-electron chi connectivity index (χ0n) is 18.6. The van der Waals surface area contributed by atoms with E-state index in [1.807, 2.05) is 0 Å². The fourth-order valence-electron chi connectivity index (χ4n) is 4.99. The Balaban J connectivity index is 1.53. The highest BCUT2D eigenvalue weighted by atomic mass is 15.3. The number of aromatic nitrogens is 2. The quantitative estimate of drug-likeness (QED) is 0.663. The van der Waals surface area contributed by atoms with Crippen LogP contribution in [-0.2, 0) is 20.1 Å². The van der Waals surface area contributed by atoms with Crippen molar-refractivity contribution < 1.29 is 0 Å². The first kappa shape index (κ1) is 19.9. The number of rotatable bonds is 4. The largest absolute Gasteiger partial charge is 0.342 e. The molecule has 0 aliphatic carbocycles. The molecule has 0 amide bonds. The van der Waals surface area contributed by atoms with E-state index in [0.29, 0.717) is 0 Å². The van der Waals surface area contributed by atoms with Crippen LogP contribution in [0.3, 0.4) is 0 Å². The number of nitrogens with zero attached hydrogens (tertiary/aromatic N) is 6. The summed E-state index contributed by atoms with van der Waals surface area (Å²) in [5, 5.41) is 2.70. The van der Waals surface area contributed by atoms with Gasteiger partial charge in [-0.15, -0.1) is 0 Å². The third-order valence-electron chi connectivity index (χ3n) is 6.96. The zero-order chi connectivity index (χ0) is 20.7. The molecule has 2 aliphatic heterocycles. The highest BCUT2D eigenvalue weighted by Crippen LogP contribution is 2.31. The minimum Gasteiger partial charge on any atom is -0.342 e. The maximum atomic E-state index is 5.25. The van der Waals surface area contributed by atoms with E-state index in [0.717, 1.165) is 65.4 Å². The Hall–Kier alpha value is -1.99. The van der Waals surface area contributed by atoms with Crippen LogP contribution in [0.4, 0.5) is 0 Å². The lowest BCUT2D eigenvalue weighted by molar-refractivity contribution is 0.144. The van der Waals surface area contributed by atoms with Gasteiger partial charge in [-0.05, 0) is 26.2 Å². The van der Waals surface area contributed by atoms with E-state index < -0.39 is 0 Å². The molecule has 5 rings (SSSR count). The third-order valence-corrected chi connectivity index (χ3v) is 6.96. The van der Waals surface area contributed by atoms with Crippen LogP contribution >= 0.6 is 0 Å². The number of hydrogen-bond donors (Lipinski definition) is 0. The van der Waals surface area contributed by atoms with Gasteiger partial charge in [0.25, 0.3) is 0 Å². The Kier molecular flexibility index (Phi) is 5.50. The summed E-state index contributed by atoms with van der Waals surface area (Å²) in [4.78, 5) is 15.2. The van der Waals surface area contributed by atoms with E-state index >= 15 is 0 Å². The summed E-state index contributed by atoms with van der Waals surface area (Å²) in [6, 6.07) is 11.1. The summed E-state index contributed by atoms with van der Waals surface area (Å²) in [5.41, 5.74) is 5.05. The van der Waals surface area contributed by atoms with E-state index in [2.05, 4.69) is 75.6 Å². The predicted octanol–water partition coefficient (Wildman–Crippen LogP) is 2.22. The van der Waals surface area contributed by atoms with Crippen LogP contribution in [0.15, 0.2) is 30.3 Å². The van der Waals surface area contributed by atoms with Gasteiger partial charge in [0.1, 0.15) is 0 Å². The lowest BCUT2D eigenvalue weighted by Crippen LogP contribution is -2.44. The minimum absolute atomic E-state index is 0.936. The van der Waals surface area contributed by atoms with Crippen molar-refractivity contribution in [3.05, 3.63) is 41.7 Å². The molecule has 30 heavy (non-hydrogen) atoms. The topological polar surface area (TPSA) is 30.8 Å². The molecule has 3 aromatic rings. The SMILES string of the molecule is CN1CCN(Cc2cc3c4ccccc4n(C)c3c(CN3CCN(C)CC3)n2)CC1. The summed E-state index contributed by atoms with van der Waals surface area (Å²) in [6.45, 7) is 10.9. The molecule has 2 fully saturated rings. The lowest BCUT2D eigenvalue weighted by Gasteiger charge is -2.33. The number of pyridine rings is 1. The first-order valence-electron chi connectivity index (χ1n) is 11.3. The van der Waals surface area contributed by atoms with E-state index in [1.165, 1.54) is 33.2 Å². The monoisotopic (exact) mass is 406 g/mol. The Morgan fingerprint density at radius 1 is 0.733 bits per heavy atom. The number of fused-ring (bicyclic) bond motifs is 3. The van der Waals surface area contributed by atoms with Gasteiger partial charge >= 0.3 is 0 Å². The van der Waals surface area contributed by atoms with Gasteiger partial charge in [0, 0.05) is 88.8 Å². The zero-order valence-corrected chi connectivity index (χ0v) is 18.6. The van der Waals surface area contributed by atoms with E-state index in [1.54, 1.807) is 0 Å². The molecule has 6 heteroatoms. The van der Waals surface area contributed by atoms with Crippen LogP contribution in [0.25, 0.3) is 21.8 Å². The number of piperazine rings is 2. The molecule has 6 nitrogen and oxygen atoms in total. The molecule has 1 aromatic carbocycles. The molecule has 0 unspecified atom stereocenters. The highest BCUT2D eigenvalue weighted by molar-refractivity contribution is 6.08. The van der Waals surface area contributed by atoms with Crippen molar-refractivity contribution in [3.63, 3.8) is 0 Å². The van der Waals surface area contributed by atoms with Crippen molar-refractivity contribution in [2.45, 2.75) is 13.1 Å². The van der Waals surface area contributed by atoms with E-state index in [4.69, 9.17) is 4.98 Å². The van der Waals surface area contributed by atoms with Crippen molar-refractivity contribution >= 4 is 21.8 Å². The normalized spacial score (nSPS) is 20.5. The van der Waals surface area contributed by atoms with E-state index in [9.17, 15) is 0 Å². The Labute approximate surface area is 179 Å². The van der Waals surface area contributed by atoms with Crippen molar-refractivity contribution in [1.82, 2.24) is 29.2 Å². The molecule has 0 N–H and O–H groups in total. The Morgan fingerprint density at radius 3 is 2.00 bits per heavy atom. The Morgan fingerprint density at radius 2 is 1.33 bits per heavy atom. The first-order valence-corrected chi connectivity index (χ1v) is 11.3. The van der Waals surface area contributed by atoms with Crippen LogP contribution < -0.4 is 0 Å². The molecule has 0 spiro atoms. The van der Waals surface area contributed by atoms with Gasteiger partial charge in [-0.1, -0.05) is 18.2 Å². The second-order valence-corrected chi connectivity index (χ2v) is 9.19. The van der Waals surface area contributed by atoms with Crippen LogP contribution in [0.5, 0.6) is 0 Å². The smallest absolute Gasteiger partial charge is 0.0790 e. The number of likely N-dealkylation sites (N-methyl/N-ethyl adjacent to an activating group) is 2. The fourth-order valence-corrected chi connectivity index (χ4v) is 4.99. The van der Waals surface area contributed by atoms with Crippen LogP contribution in [0.2, 0.25) is 0 Å². The molecule has 0 radical (unpaired) electrons. The van der Waals surface area contributed by atoms with E-state index in [-0.39, 0.29) is 0 Å². The standard InChI is InChI=1S/C24H34N6/c1-26-8-12-29(13-9-26)17-19-16-21-20-6-4-5-7-23(20)28(3)24(21)22(25-19)18-30-14-10-27(2)11-15-30/h4-7,16H,8-15,17-18H2,1-3H3. The first-order chi connectivity index (χ1) is 14.6. The minimum atomic E-state index is 0.936. The summed E-state index contributed by atoms with van der Waals surface area (Å²) < 4.78 is 2.35. The number of aryl methyl sites for hydroxylation is 1. The maximum Gasteiger partial charge on any atom is 0.0790 e. The van der Waals surface area contributed by atoms with Crippen molar-refractivity contribution in [2.24, 2.45) is 7.05 Å². The summed E-state index contributed by atoms with van der Waals surface area (Å²) in [6.07, 6.45) is 0. The Bertz CT molecular complexity index is 1030. The maximum absolute atomic E-state index is 5.25. The van der Waals surface area contributed by atoms with Gasteiger partial charge in [0.05, 0.1) is 16.9 Å². The molecule has 0 bridgehead atoms. The predicted molar refractivity (Wildman–Crippen MR) is 124 cm³/mol. The van der Waals surface area contributed by atoms with Gasteiger partial charge in [0.15, 0.2) is 0 Å². The average Bonchev–Trinajstić information content (AvgIpc) is 3.04. The fraction of sp³-hybridized carbons (Fsp3) is 0.542. The van der Waals surface area contributed by atoms with Crippen molar-refractivity contribution in [3.8, 4) is 0 Å². The summed E-state index contributed by atoms with van der Waals surface area (Å²) in [7, 11) is 6.63. The number of benzene rings is 1. The molecule has 2 aromatic heterocycles. The van der Waals surface area contributed by atoms with Crippen molar-refractivity contribution in [2.75, 3.05) is 66.5 Å². The molecular weight excluding hydrogens is 372 g/mol. The van der Waals surface area contributed by atoms with Gasteiger partial charge < -0.3 is 14.4 Å². The molecule has 0 saturated carbocycles. The summed E-state index contributed by atoms with van der Waals surface area (Å²) in [5.74, 6) is 0. The molecular formula is C24H34N6. The molecule has 0 atom stereocenters. The van der Waals surface area contributed by atoms with Crippen molar-refractivity contribution in [1.29, 1.82) is 0 Å². The summed E-state index contributed by atoms with van der Waals surface area (Å²) >= 11 is 0. The van der Waals surface area contributed by atoms with Gasteiger partial charge in [-0.3, -0.25) is 14.8 Å². The average molecular weight is 407 g/mol.